The van der Waals surface area contributed by atoms with E-state index in [4.69, 9.17) is 4.98 Å². The zero-order valence-corrected chi connectivity index (χ0v) is 16.8. The van der Waals surface area contributed by atoms with Crippen LogP contribution in [0.2, 0.25) is 0 Å². The molecule has 0 bridgehead atoms. The van der Waals surface area contributed by atoms with Crippen molar-refractivity contribution < 1.29 is 0 Å². The molecule has 0 unspecified atom stereocenters. The predicted octanol–water partition coefficient (Wildman–Crippen LogP) is 6.55. The molecule has 0 atom stereocenters. The Hall–Kier alpha value is -3.13. The second kappa shape index (κ2) is 7.47. The van der Waals surface area contributed by atoms with Gasteiger partial charge in [-0.2, -0.15) is 0 Å². The predicted molar refractivity (Wildman–Crippen MR) is 119 cm³/mol. The van der Waals surface area contributed by atoms with Gasteiger partial charge in [0.05, 0.1) is 11.0 Å². The number of hydrogen-bond donors (Lipinski definition) is 0. The van der Waals surface area contributed by atoms with Crippen molar-refractivity contribution in [3.63, 3.8) is 0 Å². The molecule has 4 aromatic rings. The lowest BCUT2D eigenvalue weighted by Gasteiger charge is -2.19. The minimum absolute atomic E-state index is 0.170. The van der Waals surface area contributed by atoms with Crippen LogP contribution >= 0.6 is 0 Å². The average Bonchev–Trinajstić information content (AvgIpc) is 3.04. The first-order valence-electron chi connectivity index (χ1n) is 9.78. The van der Waals surface area contributed by atoms with Crippen molar-refractivity contribution in [3.05, 3.63) is 101 Å². The van der Waals surface area contributed by atoms with Gasteiger partial charge in [0, 0.05) is 6.54 Å². The van der Waals surface area contributed by atoms with Gasteiger partial charge in [-0.25, -0.2) is 4.98 Å². The van der Waals surface area contributed by atoms with Crippen molar-refractivity contribution in [2.24, 2.45) is 0 Å². The number of nitrogens with zero attached hydrogens (tertiary/aromatic N) is 2. The summed E-state index contributed by atoms with van der Waals surface area (Å²) in [5.41, 5.74) is 6.18. The standard InChI is InChI=1S/C26H26N2/c1-26(2,3)22-16-13-21(14-17-22)19-28-24-12-8-7-11-23(24)27-25(28)18-15-20-9-5-4-6-10-20/h4-18H,19H2,1-3H3/b18-15+. The highest BCUT2D eigenvalue weighted by Gasteiger charge is 2.14. The highest BCUT2D eigenvalue weighted by atomic mass is 15.1. The smallest absolute Gasteiger partial charge is 0.134 e. The van der Waals surface area contributed by atoms with Gasteiger partial charge in [0.25, 0.3) is 0 Å². The zero-order valence-electron chi connectivity index (χ0n) is 16.8. The fourth-order valence-electron chi connectivity index (χ4n) is 3.42. The molecule has 0 N–H and O–H groups in total. The highest BCUT2D eigenvalue weighted by molar-refractivity contribution is 5.80. The molecule has 0 spiro atoms. The van der Waals surface area contributed by atoms with Crippen LogP contribution in [0.15, 0.2) is 78.9 Å². The maximum absolute atomic E-state index is 4.86. The van der Waals surface area contributed by atoms with Gasteiger partial charge in [0.15, 0.2) is 0 Å². The minimum atomic E-state index is 0.170. The highest BCUT2D eigenvalue weighted by Crippen LogP contribution is 2.24. The maximum Gasteiger partial charge on any atom is 0.134 e. The second-order valence-electron chi connectivity index (χ2n) is 8.24. The van der Waals surface area contributed by atoms with E-state index >= 15 is 0 Å². The van der Waals surface area contributed by atoms with Gasteiger partial charge < -0.3 is 4.57 Å². The summed E-state index contributed by atoms with van der Waals surface area (Å²) in [4.78, 5) is 4.86. The molecule has 0 fully saturated rings. The molecule has 140 valence electrons. The molecule has 1 aromatic heterocycles. The van der Waals surface area contributed by atoms with Crippen LogP contribution in [0, 0.1) is 0 Å². The van der Waals surface area contributed by atoms with Gasteiger partial charge in [-0.15, -0.1) is 0 Å². The molecule has 0 amide bonds. The summed E-state index contributed by atoms with van der Waals surface area (Å²) in [5, 5.41) is 0. The average molecular weight is 367 g/mol. The number of para-hydroxylation sites is 2. The fourth-order valence-corrected chi connectivity index (χ4v) is 3.42. The van der Waals surface area contributed by atoms with E-state index in [-0.39, 0.29) is 5.41 Å². The van der Waals surface area contributed by atoms with Crippen LogP contribution in [0.1, 0.15) is 43.3 Å². The number of imidazole rings is 1. The lowest BCUT2D eigenvalue weighted by molar-refractivity contribution is 0.590. The molecule has 0 saturated carbocycles. The first-order valence-corrected chi connectivity index (χ1v) is 9.78. The summed E-state index contributed by atoms with van der Waals surface area (Å²) in [6, 6.07) is 27.7. The Morgan fingerprint density at radius 1 is 0.786 bits per heavy atom. The van der Waals surface area contributed by atoms with Gasteiger partial charge in [0.2, 0.25) is 0 Å². The third kappa shape index (κ3) is 3.91. The van der Waals surface area contributed by atoms with Crippen molar-refractivity contribution >= 4 is 23.2 Å². The van der Waals surface area contributed by atoms with E-state index < -0.39 is 0 Å². The second-order valence-corrected chi connectivity index (χ2v) is 8.24. The van der Waals surface area contributed by atoms with Crippen molar-refractivity contribution in [1.82, 2.24) is 9.55 Å². The van der Waals surface area contributed by atoms with E-state index in [0.717, 1.165) is 23.4 Å². The van der Waals surface area contributed by atoms with Gasteiger partial charge >= 0.3 is 0 Å². The maximum atomic E-state index is 4.86. The molecule has 0 radical (unpaired) electrons. The molecule has 28 heavy (non-hydrogen) atoms. The molecule has 0 saturated heterocycles. The van der Waals surface area contributed by atoms with Crippen LogP contribution in [-0.2, 0) is 12.0 Å². The molecular formula is C26H26N2. The molecule has 0 aliphatic carbocycles. The number of benzene rings is 3. The molecule has 2 nitrogen and oxygen atoms in total. The topological polar surface area (TPSA) is 17.8 Å². The number of hydrogen-bond acceptors (Lipinski definition) is 1. The summed E-state index contributed by atoms with van der Waals surface area (Å²) >= 11 is 0. The van der Waals surface area contributed by atoms with E-state index in [1.807, 2.05) is 12.1 Å². The Morgan fingerprint density at radius 3 is 2.18 bits per heavy atom. The molecule has 1 heterocycles. The Bertz CT molecular complexity index is 1090. The molecule has 0 aliphatic heterocycles. The summed E-state index contributed by atoms with van der Waals surface area (Å²) in [5.74, 6) is 0.977. The van der Waals surface area contributed by atoms with Gasteiger partial charge in [0.1, 0.15) is 5.82 Å². The lowest BCUT2D eigenvalue weighted by atomic mass is 9.87. The molecule has 2 heteroatoms. The van der Waals surface area contributed by atoms with Crippen molar-refractivity contribution in [2.45, 2.75) is 32.7 Å². The normalized spacial score (nSPS) is 12.1. The molecule has 0 aliphatic rings. The summed E-state index contributed by atoms with van der Waals surface area (Å²) < 4.78 is 2.29. The van der Waals surface area contributed by atoms with E-state index in [1.54, 1.807) is 0 Å². The van der Waals surface area contributed by atoms with E-state index in [9.17, 15) is 0 Å². The molecular weight excluding hydrogens is 340 g/mol. The van der Waals surface area contributed by atoms with Crippen molar-refractivity contribution in [1.29, 1.82) is 0 Å². The van der Waals surface area contributed by atoms with Crippen molar-refractivity contribution in [3.8, 4) is 0 Å². The quantitative estimate of drug-likeness (QED) is 0.400. The third-order valence-corrected chi connectivity index (χ3v) is 5.07. The Kier molecular flexibility index (Phi) is 4.87. The molecule has 3 aromatic carbocycles. The summed E-state index contributed by atoms with van der Waals surface area (Å²) in [7, 11) is 0. The first-order chi connectivity index (χ1) is 13.5. The number of rotatable bonds is 4. The number of aromatic nitrogens is 2. The lowest BCUT2D eigenvalue weighted by Crippen LogP contribution is -2.11. The van der Waals surface area contributed by atoms with Gasteiger partial charge in [-0.1, -0.05) is 93.6 Å². The van der Waals surface area contributed by atoms with Crippen molar-refractivity contribution in [2.75, 3.05) is 0 Å². The van der Waals surface area contributed by atoms with Crippen LogP contribution in [0.5, 0.6) is 0 Å². The Morgan fingerprint density at radius 2 is 1.46 bits per heavy atom. The largest absolute Gasteiger partial charge is 0.320 e. The summed E-state index contributed by atoms with van der Waals surface area (Å²) in [6.45, 7) is 7.55. The van der Waals surface area contributed by atoms with Crippen LogP contribution in [-0.4, -0.2) is 9.55 Å². The van der Waals surface area contributed by atoms with Gasteiger partial charge in [-0.05, 0) is 40.3 Å². The Labute approximate surface area is 167 Å². The van der Waals surface area contributed by atoms with Crippen LogP contribution in [0.3, 0.4) is 0 Å². The SMILES string of the molecule is CC(C)(C)c1ccc(Cn2c(/C=C/c3ccccc3)nc3ccccc32)cc1. The van der Waals surface area contributed by atoms with Gasteiger partial charge in [-0.3, -0.25) is 0 Å². The van der Waals surface area contributed by atoms with E-state index in [0.29, 0.717) is 0 Å². The monoisotopic (exact) mass is 366 g/mol. The van der Waals surface area contributed by atoms with Crippen LogP contribution in [0.4, 0.5) is 0 Å². The van der Waals surface area contributed by atoms with Crippen LogP contribution < -0.4 is 0 Å². The van der Waals surface area contributed by atoms with E-state index in [1.165, 1.54) is 16.7 Å². The van der Waals surface area contributed by atoms with E-state index in [2.05, 4.69) is 104 Å². The molecule has 4 rings (SSSR count). The first kappa shape index (κ1) is 18.2. The zero-order chi connectivity index (χ0) is 19.6. The Balaban J connectivity index is 1.70. The van der Waals surface area contributed by atoms with Crippen LogP contribution in [0.25, 0.3) is 23.2 Å². The fraction of sp³-hybridized carbons (Fsp3) is 0.192. The number of fused-ring (bicyclic) bond motifs is 1. The summed E-state index contributed by atoms with van der Waals surface area (Å²) in [6.07, 6.45) is 4.24. The third-order valence-electron chi connectivity index (χ3n) is 5.07. The minimum Gasteiger partial charge on any atom is -0.320 e.